The second kappa shape index (κ2) is 2.77. The minimum Gasteiger partial charge on any atom is -0.451 e. The summed E-state index contributed by atoms with van der Waals surface area (Å²) in [6.07, 6.45) is 4.79. The van der Waals surface area contributed by atoms with E-state index < -0.39 is 0 Å². The monoisotopic (exact) mass is 160 g/mol. The van der Waals surface area contributed by atoms with Gasteiger partial charge in [0.05, 0.1) is 5.69 Å². The molecule has 0 spiro atoms. The molecule has 0 aliphatic heterocycles. The maximum atomic E-state index is 4.85. The summed E-state index contributed by atoms with van der Waals surface area (Å²) >= 11 is 0. The number of hydrogen-bond acceptors (Lipinski definition) is 3. The summed E-state index contributed by atoms with van der Waals surface area (Å²) in [6, 6.07) is 3.92. The van der Waals surface area contributed by atoms with E-state index >= 15 is 0 Å². The predicted molar refractivity (Wildman–Crippen MR) is 44.5 cm³/mol. The fraction of sp³-hybridized carbons (Fsp3) is 0.111. The minimum atomic E-state index is 0.773. The van der Waals surface area contributed by atoms with Crippen LogP contribution in [0.3, 0.4) is 0 Å². The molecule has 2 aromatic rings. The summed E-state index contributed by atoms with van der Waals surface area (Å²) in [6.45, 7) is 2.00. The van der Waals surface area contributed by atoms with Crippen molar-refractivity contribution in [1.29, 1.82) is 0 Å². The first-order valence-corrected chi connectivity index (χ1v) is 3.67. The van der Waals surface area contributed by atoms with Crippen molar-refractivity contribution < 1.29 is 4.42 Å². The highest BCUT2D eigenvalue weighted by Crippen LogP contribution is 2.13. The summed E-state index contributed by atoms with van der Waals surface area (Å²) < 4.78 is 4.85. The Morgan fingerprint density at radius 2 is 2.08 bits per heavy atom. The van der Waals surface area contributed by atoms with E-state index in [1.165, 1.54) is 6.39 Å². The maximum absolute atomic E-state index is 4.85. The number of hydrogen-bond donors (Lipinski definition) is 0. The largest absolute Gasteiger partial charge is 0.451 e. The highest BCUT2D eigenvalue weighted by molar-refractivity contribution is 5.51. The molecule has 3 nitrogen and oxygen atoms in total. The first-order valence-electron chi connectivity index (χ1n) is 3.67. The fourth-order valence-corrected chi connectivity index (χ4v) is 0.958. The van der Waals surface area contributed by atoms with Crippen LogP contribution in [0.2, 0.25) is 0 Å². The van der Waals surface area contributed by atoms with Gasteiger partial charge in [-0.1, -0.05) is 6.07 Å². The minimum absolute atomic E-state index is 0.773. The molecule has 3 heteroatoms. The van der Waals surface area contributed by atoms with Crippen LogP contribution in [0.5, 0.6) is 0 Å². The lowest BCUT2D eigenvalue weighted by molar-refractivity contribution is 0.558. The Morgan fingerprint density at radius 1 is 1.17 bits per heavy atom. The van der Waals surface area contributed by atoms with Crippen LogP contribution >= 0.6 is 0 Å². The Kier molecular flexibility index (Phi) is 1.63. The number of rotatable bonds is 1. The molecule has 0 fully saturated rings. The molecule has 0 radical (unpaired) electrons. The van der Waals surface area contributed by atoms with Crippen molar-refractivity contribution >= 4 is 0 Å². The molecule has 2 aromatic heterocycles. The van der Waals surface area contributed by atoms with Gasteiger partial charge in [0.2, 0.25) is 0 Å². The van der Waals surface area contributed by atoms with Crippen LogP contribution in [0.4, 0.5) is 0 Å². The summed E-state index contributed by atoms with van der Waals surface area (Å²) in [5.74, 6) is 0. The highest BCUT2D eigenvalue weighted by Gasteiger charge is 1.99. The third kappa shape index (κ3) is 1.21. The van der Waals surface area contributed by atoms with Crippen molar-refractivity contribution in [2.75, 3.05) is 0 Å². The van der Waals surface area contributed by atoms with Crippen LogP contribution in [-0.4, -0.2) is 9.97 Å². The Bertz CT molecular complexity index is 351. The second-order valence-corrected chi connectivity index (χ2v) is 2.59. The van der Waals surface area contributed by atoms with Gasteiger partial charge in [0, 0.05) is 6.20 Å². The van der Waals surface area contributed by atoms with Gasteiger partial charge in [0.15, 0.2) is 6.39 Å². The molecule has 12 heavy (non-hydrogen) atoms. The lowest BCUT2D eigenvalue weighted by Gasteiger charge is -1.94. The van der Waals surface area contributed by atoms with Crippen LogP contribution in [0.1, 0.15) is 5.56 Å². The molecule has 0 aliphatic carbocycles. The zero-order valence-electron chi connectivity index (χ0n) is 6.69. The average Bonchev–Trinajstić information content (AvgIpc) is 2.58. The SMILES string of the molecule is Cc1ccc(-c2cocn2)nc1. The summed E-state index contributed by atoms with van der Waals surface area (Å²) in [5.41, 5.74) is 2.76. The number of aromatic nitrogens is 2. The van der Waals surface area contributed by atoms with Gasteiger partial charge in [-0.2, -0.15) is 0 Å². The number of aryl methyl sites for hydroxylation is 1. The van der Waals surface area contributed by atoms with Crippen LogP contribution in [0.15, 0.2) is 35.4 Å². The molecular formula is C9H8N2O. The molecular weight excluding hydrogens is 152 g/mol. The van der Waals surface area contributed by atoms with Gasteiger partial charge >= 0.3 is 0 Å². The standard InChI is InChI=1S/C9H8N2O/c1-7-2-3-8(10-4-7)9-5-12-6-11-9/h2-6H,1H3. The normalized spacial score (nSPS) is 10.1. The third-order valence-electron chi connectivity index (χ3n) is 1.61. The molecule has 0 unspecified atom stereocenters. The molecule has 2 heterocycles. The molecule has 0 amide bonds. The molecule has 0 aromatic carbocycles. The van der Waals surface area contributed by atoms with Crippen molar-refractivity contribution in [3.8, 4) is 11.4 Å². The van der Waals surface area contributed by atoms with Crippen molar-refractivity contribution in [3.63, 3.8) is 0 Å². The molecule has 0 aliphatic rings. The van der Waals surface area contributed by atoms with E-state index in [1.807, 2.05) is 25.3 Å². The molecule has 0 N–H and O–H groups in total. The molecule has 2 rings (SSSR count). The van der Waals surface area contributed by atoms with Crippen molar-refractivity contribution in [2.45, 2.75) is 6.92 Å². The van der Waals surface area contributed by atoms with Gasteiger partial charge < -0.3 is 4.42 Å². The first-order chi connectivity index (χ1) is 5.86. The predicted octanol–water partition coefficient (Wildman–Crippen LogP) is 2.05. The van der Waals surface area contributed by atoms with Crippen LogP contribution in [-0.2, 0) is 0 Å². The van der Waals surface area contributed by atoms with E-state index in [4.69, 9.17) is 4.42 Å². The number of pyridine rings is 1. The van der Waals surface area contributed by atoms with Crippen LogP contribution in [0, 0.1) is 6.92 Å². The topological polar surface area (TPSA) is 38.9 Å². The quantitative estimate of drug-likeness (QED) is 0.640. The Hall–Kier alpha value is -1.64. The van der Waals surface area contributed by atoms with E-state index in [0.717, 1.165) is 17.0 Å². The van der Waals surface area contributed by atoms with Crippen molar-refractivity contribution in [2.24, 2.45) is 0 Å². The van der Waals surface area contributed by atoms with E-state index in [0.29, 0.717) is 0 Å². The first kappa shape index (κ1) is 7.03. The van der Waals surface area contributed by atoms with Gasteiger partial charge in [-0.25, -0.2) is 4.98 Å². The lowest BCUT2D eigenvalue weighted by atomic mass is 10.2. The Balaban J connectivity index is 2.43. The second-order valence-electron chi connectivity index (χ2n) is 2.59. The smallest absolute Gasteiger partial charge is 0.181 e. The molecule has 0 bridgehead atoms. The fourth-order valence-electron chi connectivity index (χ4n) is 0.958. The Morgan fingerprint density at radius 3 is 2.67 bits per heavy atom. The van der Waals surface area contributed by atoms with Gasteiger partial charge in [-0.15, -0.1) is 0 Å². The summed E-state index contributed by atoms with van der Waals surface area (Å²) in [7, 11) is 0. The number of oxazole rings is 1. The zero-order valence-corrected chi connectivity index (χ0v) is 6.69. The van der Waals surface area contributed by atoms with Gasteiger partial charge in [-0.3, -0.25) is 4.98 Å². The van der Waals surface area contributed by atoms with Crippen LogP contribution < -0.4 is 0 Å². The van der Waals surface area contributed by atoms with Gasteiger partial charge in [0.25, 0.3) is 0 Å². The molecule has 0 saturated carbocycles. The van der Waals surface area contributed by atoms with Gasteiger partial charge in [0.1, 0.15) is 12.0 Å². The molecule has 0 saturated heterocycles. The van der Waals surface area contributed by atoms with E-state index in [-0.39, 0.29) is 0 Å². The third-order valence-corrected chi connectivity index (χ3v) is 1.61. The van der Waals surface area contributed by atoms with Crippen molar-refractivity contribution in [1.82, 2.24) is 9.97 Å². The number of nitrogens with zero attached hydrogens (tertiary/aromatic N) is 2. The van der Waals surface area contributed by atoms with Gasteiger partial charge in [-0.05, 0) is 18.6 Å². The van der Waals surface area contributed by atoms with Crippen LogP contribution in [0.25, 0.3) is 11.4 Å². The maximum Gasteiger partial charge on any atom is 0.181 e. The summed E-state index contributed by atoms with van der Waals surface area (Å²) in [5, 5.41) is 0. The van der Waals surface area contributed by atoms with E-state index in [1.54, 1.807) is 6.26 Å². The lowest BCUT2D eigenvalue weighted by Crippen LogP contribution is -1.82. The Labute approximate surface area is 70.1 Å². The van der Waals surface area contributed by atoms with E-state index in [2.05, 4.69) is 9.97 Å². The highest BCUT2D eigenvalue weighted by atomic mass is 16.3. The van der Waals surface area contributed by atoms with Crippen molar-refractivity contribution in [3.05, 3.63) is 36.5 Å². The molecule has 0 atom stereocenters. The molecule has 60 valence electrons. The summed E-state index contributed by atoms with van der Waals surface area (Å²) in [4.78, 5) is 8.19. The average molecular weight is 160 g/mol. The van der Waals surface area contributed by atoms with E-state index in [9.17, 15) is 0 Å². The zero-order chi connectivity index (χ0) is 8.39.